The van der Waals surface area contributed by atoms with Crippen LogP contribution >= 0.6 is 0 Å². The fourth-order valence-corrected chi connectivity index (χ4v) is 3.67. The minimum Gasteiger partial charge on any atom is -0.478 e. The molecule has 2 rings (SSSR count). The number of nitrogens with zero attached hydrogens (tertiary/aromatic N) is 1. The van der Waals surface area contributed by atoms with Crippen LogP contribution in [0.15, 0.2) is 29.2 Å². The van der Waals surface area contributed by atoms with Gasteiger partial charge in [-0.3, -0.25) is 0 Å². The molecule has 0 radical (unpaired) electrons. The zero-order valence-corrected chi connectivity index (χ0v) is 11.2. The van der Waals surface area contributed by atoms with Crippen LogP contribution in [-0.4, -0.2) is 43.3 Å². The molecule has 1 aromatic rings. The third-order valence-electron chi connectivity index (χ3n) is 3.26. The molecule has 0 bridgehead atoms. The van der Waals surface area contributed by atoms with Gasteiger partial charge in [0.05, 0.1) is 10.5 Å². The smallest absolute Gasteiger partial charge is 0.335 e. The Balaban J connectivity index is 2.27. The van der Waals surface area contributed by atoms with E-state index in [1.165, 1.54) is 18.2 Å². The molecule has 1 atom stereocenters. The minimum absolute atomic E-state index is 0.0225. The monoisotopic (exact) mass is 305 g/mol. The number of hydrogen-bond acceptors (Lipinski definition) is 3. The van der Waals surface area contributed by atoms with Gasteiger partial charge in [0.15, 0.2) is 0 Å². The van der Waals surface area contributed by atoms with Gasteiger partial charge in [-0.05, 0) is 24.6 Å². The van der Waals surface area contributed by atoms with E-state index in [-0.39, 0.29) is 30.0 Å². The maximum Gasteiger partial charge on any atom is 0.335 e. The van der Waals surface area contributed by atoms with E-state index in [1.807, 2.05) is 0 Å². The second kappa shape index (κ2) is 5.45. The van der Waals surface area contributed by atoms with Gasteiger partial charge in [0.25, 0.3) is 0 Å². The average Bonchev–Trinajstić information content (AvgIpc) is 2.89. The average molecular weight is 305 g/mol. The van der Waals surface area contributed by atoms with Gasteiger partial charge in [-0.25, -0.2) is 22.0 Å². The van der Waals surface area contributed by atoms with Crippen molar-refractivity contribution in [2.24, 2.45) is 5.92 Å². The lowest BCUT2D eigenvalue weighted by Gasteiger charge is -2.16. The summed E-state index contributed by atoms with van der Waals surface area (Å²) >= 11 is 0. The second-order valence-corrected chi connectivity index (χ2v) is 6.52. The first-order chi connectivity index (χ1) is 9.32. The van der Waals surface area contributed by atoms with Gasteiger partial charge >= 0.3 is 5.97 Å². The van der Waals surface area contributed by atoms with Crippen LogP contribution in [0.2, 0.25) is 0 Å². The molecule has 8 heteroatoms. The van der Waals surface area contributed by atoms with E-state index in [4.69, 9.17) is 5.11 Å². The van der Waals surface area contributed by atoms with Crippen molar-refractivity contribution in [3.63, 3.8) is 0 Å². The van der Waals surface area contributed by atoms with Gasteiger partial charge in [-0.15, -0.1) is 0 Å². The van der Waals surface area contributed by atoms with E-state index in [0.29, 0.717) is 0 Å². The second-order valence-electron chi connectivity index (χ2n) is 4.58. The van der Waals surface area contributed by atoms with Crippen molar-refractivity contribution in [1.82, 2.24) is 4.31 Å². The lowest BCUT2D eigenvalue weighted by atomic mass is 10.1. The molecule has 1 aliphatic heterocycles. The Morgan fingerprint density at radius 3 is 2.65 bits per heavy atom. The molecule has 1 N–H and O–H groups in total. The van der Waals surface area contributed by atoms with Crippen LogP contribution in [0.25, 0.3) is 0 Å². The van der Waals surface area contributed by atoms with Crippen LogP contribution in [-0.2, 0) is 10.0 Å². The van der Waals surface area contributed by atoms with E-state index < -0.39 is 28.3 Å². The lowest BCUT2D eigenvalue weighted by Crippen LogP contribution is -2.30. The highest BCUT2D eigenvalue weighted by molar-refractivity contribution is 7.89. The van der Waals surface area contributed by atoms with Crippen LogP contribution in [0.5, 0.6) is 0 Å². The number of halogens is 2. The zero-order valence-electron chi connectivity index (χ0n) is 10.4. The Labute approximate surface area is 114 Å². The molecule has 5 nitrogen and oxygen atoms in total. The van der Waals surface area contributed by atoms with Crippen LogP contribution in [0.3, 0.4) is 0 Å². The van der Waals surface area contributed by atoms with Crippen molar-refractivity contribution < 1.29 is 27.1 Å². The SMILES string of the molecule is O=C(O)c1cccc(S(=O)(=O)N2CCC(C(F)F)C2)c1. The van der Waals surface area contributed by atoms with Crippen LogP contribution in [0.4, 0.5) is 8.78 Å². The van der Waals surface area contributed by atoms with E-state index in [2.05, 4.69) is 0 Å². The molecular formula is C12H13F2NO4S. The number of aromatic carboxylic acids is 1. The fraction of sp³-hybridized carbons (Fsp3) is 0.417. The summed E-state index contributed by atoms with van der Waals surface area (Å²) in [5.74, 6) is -2.21. The summed E-state index contributed by atoms with van der Waals surface area (Å²) in [6.45, 7) is -0.216. The summed E-state index contributed by atoms with van der Waals surface area (Å²) in [6.07, 6.45) is -2.45. The van der Waals surface area contributed by atoms with Crippen molar-refractivity contribution in [2.75, 3.05) is 13.1 Å². The Bertz CT molecular complexity index is 618. The quantitative estimate of drug-likeness (QED) is 0.918. The van der Waals surface area contributed by atoms with Gasteiger partial charge in [0, 0.05) is 19.0 Å². The maximum absolute atomic E-state index is 12.6. The molecule has 110 valence electrons. The number of carboxylic acids is 1. The van der Waals surface area contributed by atoms with E-state index in [0.717, 1.165) is 10.4 Å². The highest BCUT2D eigenvalue weighted by Crippen LogP contribution is 2.28. The largest absolute Gasteiger partial charge is 0.478 e. The van der Waals surface area contributed by atoms with Crippen molar-refractivity contribution in [2.45, 2.75) is 17.7 Å². The lowest BCUT2D eigenvalue weighted by molar-refractivity contribution is 0.0696. The summed E-state index contributed by atoms with van der Waals surface area (Å²) in [5, 5.41) is 8.85. The number of carboxylic acid groups (broad SMARTS) is 1. The molecule has 1 unspecified atom stereocenters. The summed E-state index contributed by atoms with van der Waals surface area (Å²) in [6, 6.07) is 4.88. The molecular weight excluding hydrogens is 292 g/mol. The van der Waals surface area contributed by atoms with Gasteiger partial charge < -0.3 is 5.11 Å². The van der Waals surface area contributed by atoms with Gasteiger partial charge in [-0.2, -0.15) is 4.31 Å². The Morgan fingerprint density at radius 2 is 2.10 bits per heavy atom. The molecule has 1 aromatic carbocycles. The number of sulfonamides is 1. The molecule has 1 aliphatic rings. The third-order valence-corrected chi connectivity index (χ3v) is 5.12. The first kappa shape index (κ1) is 14.9. The standard InChI is InChI=1S/C12H13F2NO4S/c13-11(14)9-4-5-15(7-9)20(18,19)10-3-1-2-8(6-10)12(16)17/h1-3,6,9,11H,4-5,7H2,(H,16,17). The number of carbonyl (C=O) groups is 1. The fourth-order valence-electron chi connectivity index (χ4n) is 2.12. The van der Waals surface area contributed by atoms with Crippen molar-refractivity contribution >= 4 is 16.0 Å². The van der Waals surface area contributed by atoms with Crippen LogP contribution in [0, 0.1) is 5.92 Å². The molecule has 0 amide bonds. The summed E-state index contributed by atoms with van der Waals surface area (Å²) in [4.78, 5) is 10.6. The minimum atomic E-state index is -3.92. The van der Waals surface area contributed by atoms with Crippen LogP contribution in [0.1, 0.15) is 16.8 Å². The molecule has 20 heavy (non-hydrogen) atoms. The van der Waals surface area contributed by atoms with Crippen molar-refractivity contribution in [3.8, 4) is 0 Å². The van der Waals surface area contributed by atoms with E-state index in [1.54, 1.807) is 0 Å². The molecule has 0 aromatic heterocycles. The summed E-state index contributed by atoms with van der Waals surface area (Å²) in [7, 11) is -3.92. The summed E-state index contributed by atoms with van der Waals surface area (Å²) < 4.78 is 50.7. The number of alkyl halides is 2. The first-order valence-electron chi connectivity index (χ1n) is 5.94. The topological polar surface area (TPSA) is 74.7 Å². The predicted octanol–water partition coefficient (Wildman–Crippen LogP) is 1.66. The van der Waals surface area contributed by atoms with Crippen molar-refractivity contribution in [3.05, 3.63) is 29.8 Å². The molecule has 1 fully saturated rings. The number of rotatable bonds is 4. The molecule has 1 heterocycles. The van der Waals surface area contributed by atoms with Crippen LogP contribution < -0.4 is 0 Å². The van der Waals surface area contributed by atoms with Crippen molar-refractivity contribution in [1.29, 1.82) is 0 Å². The Hall–Kier alpha value is -1.54. The summed E-state index contributed by atoms with van der Waals surface area (Å²) in [5.41, 5.74) is -0.157. The molecule has 1 saturated heterocycles. The zero-order chi connectivity index (χ0) is 14.9. The van der Waals surface area contributed by atoms with E-state index in [9.17, 15) is 22.0 Å². The molecule has 0 saturated carbocycles. The Morgan fingerprint density at radius 1 is 1.40 bits per heavy atom. The number of benzene rings is 1. The molecule has 0 spiro atoms. The highest BCUT2D eigenvalue weighted by atomic mass is 32.2. The molecule has 0 aliphatic carbocycles. The van der Waals surface area contributed by atoms with Gasteiger partial charge in [0.2, 0.25) is 16.4 Å². The highest BCUT2D eigenvalue weighted by Gasteiger charge is 2.36. The maximum atomic E-state index is 12.6. The normalized spacial score (nSPS) is 20.4. The van der Waals surface area contributed by atoms with Gasteiger partial charge in [-0.1, -0.05) is 6.07 Å². The van der Waals surface area contributed by atoms with E-state index >= 15 is 0 Å². The van der Waals surface area contributed by atoms with Gasteiger partial charge in [0.1, 0.15) is 0 Å². The number of hydrogen-bond donors (Lipinski definition) is 1. The third kappa shape index (κ3) is 2.80. The first-order valence-corrected chi connectivity index (χ1v) is 7.38. The predicted molar refractivity (Wildman–Crippen MR) is 66.3 cm³/mol. The Kier molecular flexibility index (Phi) is 4.05.